The van der Waals surface area contributed by atoms with Crippen LogP contribution in [0.2, 0.25) is 0 Å². The first-order valence-electron chi connectivity index (χ1n) is 33.7. The summed E-state index contributed by atoms with van der Waals surface area (Å²) < 4.78 is 5.72. The van der Waals surface area contributed by atoms with E-state index in [1.165, 1.54) is 64.2 Å². The maximum atomic E-state index is 11.9. The molecule has 21 heteroatoms. The monoisotopic (exact) mass is 1220 g/mol. The topological polar surface area (TPSA) is 157 Å². The normalized spacial score (nSPS) is 31.3. The fourth-order valence-electron chi connectivity index (χ4n) is 16.4. The molecule has 10 heterocycles. The largest absolute Gasteiger partial charge is 0.363 e. The van der Waals surface area contributed by atoms with Crippen LogP contribution in [0.3, 0.4) is 0 Å². The van der Waals surface area contributed by atoms with Crippen LogP contribution in [0.5, 0.6) is 0 Å². The van der Waals surface area contributed by atoms with Crippen LogP contribution in [0, 0.1) is 28.1 Å². The Kier molecular flexibility index (Phi) is 23.8. The van der Waals surface area contributed by atoms with Gasteiger partial charge in [-0.15, -0.1) is 0 Å². The molecule has 12 aliphatic rings. The molecule has 6 spiro atoms. The average Bonchev–Trinajstić information content (AvgIpc) is 1.96. The number of ether oxygens (including phenoxy) is 1. The van der Waals surface area contributed by atoms with Gasteiger partial charge in [-0.1, -0.05) is 39.5 Å². The summed E-state index contributed by atoms with van der Waals surface area (Å²) in [5.41, 5.74) is 1.07. The first-order chi connectivity index (χ1) is 40.9. The number of carbonyl (C=O) groups is 6. The second kappa shape index (κ2) is 29.4. The average molecular weight is 1220 g/mol. The molecule has 10 aliphatic heterocycles. The SMILES string of the molecule is CC1CCC2(CC1)CCN(C)C(=O)N(C)C2.CC1CCC2(CC1)CCN(C)C(=O)N(C)C2.CN1CCC2(CC1)CCN(C)C2=O.CN1CCC2(CC1)CN(C)C(=O)CO2.CN1CCC2(CC1)CN(C)C(=O)N2C.CN1CCC2(CC1)CN(C)C(=O)N2C. The second-order valence-corrected chi connectivity index (χ2v) is 30.5. The van der Waals surface area contributed by atoms with Gasteiger partial charge in [-0.25, -0.2) is 19.2 Å². The van der Waals surface area contributed by atoms with Crippen molar-refractivity contribution < 1.29 is 33.5 Å². The van der Waals surface area contributed by atoms with E-state index in [4.69, 9.17) is 4.74 Å². The summed E-state index contributed by atoms with van der Waals surface area (Å²) in [6, 6.07) is 0.732. The summed E-state index contributed by atoms with van der Waals surface area (Å²) >= 11 is 0. The molecule has 87 heavy (non-hydrogen) atoms. The molecule has 0 bridgehead atoms. The molecule has 0 N–H and O–H groups in total. The number of rotatable bonds is 0. The molecule has 12 fully saturated rings. The third kappa shape index (κ3) is 17.1. The number of amides is 10. The van der Waals surface area contributed by atoms with Gasteiger partial charge in [0.25, 0.3) is 0 Å². The molecule has 10 amide bonds. The first-order valence-corrected chi connectivity index (χ1v) is 33.7. The van der Waals surface area contributed by atoms with Crippen LogP contribution < -0.4 is 0 Å². The van der Waals surface area contributed by atoms with Gasteiger partial charge in [-0.05, 0) is 160 Å². The third-order valence-electron chi connectivity index (χ3n) is 23.6. The summed E-state index contributed by atoms with van der Waals surface area (Å²) in [5, 5.41) is 0. The molecule has 0 unspecified atom stereocenters. The standard InChI is InChI=1S/2C13H24N2O.2C10H19N3O.C10H18N2O2.C10H18N2O/c2*1-11-4-6-13(7-5-11)8-9-14(2)12(16)15(3)10-13;2*1-11-6-4-10(5-7-11)8-12(2)9(14)13(10)3;1-11-5-3-10(4-6-11)8-12(2)9(13)7-14-10;1-11-6-3-10(4-7-11)5-8-12(2)9(10)13/h2*11H,4-10H2,1-3H3;2*4-8H2,1-3H3;3-8H2,1-2H3;3-8H2,1-2H3. The van der Waals surface area contributed by atoms with Gasteiger partial charge in [0.2, 0.25) is 11.8 Å². The van der Waals surface area contributed by atoms with Crippen molar-refractivity contribution in [2.45, 2.75) is 153 Å². The van der Waals surface area contributed by atoms with E-state index in [2.05, 4.69) is 61.6 Å². The van der Waals surface area contributed by atoms with Gasteiger partial charge in [-0.3, -0.25) is 9.59 Å². The molecule has 0 aromatic rings. The minimum absolute atomic E-state index is 0.0290. The summed E-state index contributed by atoms with van der Waals surface area (Å²) in [4.78, 5) is 98.5. The zero-order chi connectivity index (χ0) is 63.9. The molecule has 2 aliphatic carbocycles. The lowest BCUT2D eigenvalue weighted by Crippen LogP contribution is -2.57. The number of nitrogens with zero attached hydrogens (tertiary/aromatic N) is 14. The summed E-state index contributed by atoms with van der Waals surface area (Å²) in [5.74, 6) is 2.26. The van der Waals surface area contributed by atoms with Gasteiger partial charge in [0.05, 0.1) is 22.1 Å². The fraction of sp³-hybridized carbons (Fsp3) is 0.909. The number of likely N-dealkylation sites (tertiary alicyclic amines) is 5. The lowest BCUT2D eigenvalue weighted by molar-refractivity contribution is -0.168. The highest BCUT2D eigenvalue weighted by Gasteiger charge is 2.50. The predicted octanol–water partition coefficient (Wildman–Crippen LogP) is 6.54. The Bertz CT molecular complexity index is 2180. The lowest BCUT2D eigenvalue weighted by atomic mass is 9.69. The van der Waals surface area contributed by atoms with E-state index in [-0.39, 0.29) is 58.7 Å². The van der Waals surface area contributed by atoms with E-state index in [0.29, 0.717) is 16.7 Å². The predicted molar refractivity (Wildman–Crippen MR) is 346 cm³/mol. The van der Waals surface area contributed by atoms with Crippen LogP contribution in [0.15, 0.2) is 0 Å². The molecule has 21 nitrogen and oxygen atoms in total. The van der Waals surface area contributed by atoms with Crippen LogP contribution in [0.4, 0.5) is 19.2 Å². The van der Waals surface area contributed by atoms with E-state index >= 15 is 0 Å². The van der Waals surface area contributed by atoms with Gasteiger partial charge in [0.1, 0.15) is 6.61 Å². The number of hydrogen-bond acceptors (Lipinski definition) is 11. The van der Waals surface area contributed by atoms with Crippen molar-refractivity contribution in [3.63, 3.8) is 0 Å². The van der Waals surface area contributed by atoms with Crippen LogP contribution in [-0.2, 0) is 14.3 Å². The van der Waals surface area contributed by atoms with E-state index < -0.39 is 0 Å². The van der Waals surface area contributed by atoms with Gasteiger partial charge in [0, 0.05) is 162 Å². The number of hydrogen-bond donors (Lipinski definition) is 0. The van der Waals surface area contributed by atoms with E-state index in [1.54, 1.807) is 4.90 Å². The van der Waals surface area contributed by atoms with Crippen molar-refractivity contribution in [2.24, 2.45) is 28.1 Å². The third-order valence-corrected chi connectivity index (χ3v) is 23.6. The quantitative estimate of drug-likeness (QED) is 0.260. The lowest BCUT2D eigenvalue weighted by Gasteiger charge is -2.45. The Hall–Kier alpha value is -4.18. The molecule has 2 saturated carbocycles. The number of urea groups is 4. The highest BCUT2D eigenvalue weighted by Crippen LogP contribution is 2.45. The van der Waals surface area contributed by atoms with Gasteiger partial charge in [-0.2, -0.15) is 0 Å². The second-order valence-electron chi connectivity index (χ2n) is 30.5. The minimum atomic E-state index is -0.0465. The van der Waals surface area contributed by atoms with E-state index in [9.17, 15) is 28.8 Å². The van der Waals surface area contributed by atoms with Crippen molar-refractivity contribution in [1.82, 2.24) is 68.6 Å². The van der Waals surface area contributed by atoms with E-state index in [0.717, 1.165) is 174 Å². The van der Waals surface area contributed by atoms with E-state index in [1.807, 2.05) is 115 Å². The Morgan fingerprint density at radius 1 is 0.322 bits per heavy atom. The molecule has 12 rings (SSSR count). The zero-order valence-electron chi connectivity index (χ0n) is 57.7. The maximum absolute atomic E-state index is 11.9. The molecule has 0 aromatic heterocycles. The van der Waals surface area contributed by atoms with Gasteiger partial charge < -0.3 is 73.3 Å². The fourth-order valence-corrected chi connectivity index (χ4v) is 16.4. The van der Waals surface area contributed by atoms with Gasteiger partial charge >= 0.3 is 24.1 Å². The molecule has 0 aromatic carbocycles. The van der Waals surface area contributed by atoms with Crippen molar-refractivity contribution in [1.29, 1.82) is 0 Å². The van der Waals surface area contributed by atoms with Gasteiger partial charge in [0.15, 0.2) is 0 Å². The zero-order valence-corrected chi connectivity index (χ0v) is 57.7. The highest BCUT2D eigenvalue weighted by atomic mass is 16.5. The summed E-state index contributed by atoms with van der Waals surface area (Å²) in [7, 11) is 27.8. The van der Waals surface area contributed by atoms with Crippen LogP contribution >= 0.6 is 0 Å². The Labute approximate surface area is 526 Å². The van der Waals surface area contributed by atoms with Crippen molar-refractivity contribution in [3.8, 4) is 0 Å². The smallest absolute Gasteiger partial charge is 0.320 e. The number of carbonyl (C=O) groups excluding carboxylic acids is 6. The molecular weight excluding hydrogens is 1100 g/mol. The minimum Gasteiger partial charge on any atom is -0.363 e. The Morgan fingerprint density at radius 3 is 0.966 bits per heavy atom. The molecule has 498 valence electrons. The summed E-state index contributed by atoms with van der Waals surface area (Å²) in [6.07, 6.45) is 22.7. The molecule has 10 saturated heterocycles. The van der Waals surface area contributed by atoms with Crippen molar-refractivity contribution in [2.75, 3.05) is 210 Å². The Morgan fingerprint density at radius 2 is 0.644 bits per heavy atom. The van der Waals surface area contributed by atoms with Crippen LogP contribution in [-0.4, -0.2) is 331 Å². The number of piperidine rings is 4. The number of morpholine rings is 1. The first kappa shape index (κ1) is 70.3. The maximum Gasteiger partial charge on any atom is 0.320 e. The number of likely N-dealkylation sites (N-methyl/N-ethyl adjacent to an activating group) is 5. The highest BCUT2D eigenvalue weighted by molar-refractivity contribution is 5.84. The molecule has 0 atom stereocenters. The van der Waals surface area contributed by atoms with Crippen LogP contribution in [0.25, 0.3) is 0 Å². The Balaban J connectivity index is 0.000000149. The molecular formula is C66H122N14O7. The molecule has 0 radical (unpaired) electrons. The van der Waals surface area contributed by atoms with Crippen LogP contribution in [0.1, 0.15) is 136 Å². The summed E-state index contributed by atoms with van der Waals surface area (Å²) in [6.45, 7) is 21.0. The van der Waals surface area contributed by atoms with Crippen molar-refractivity contribution >= 4 is 35.9 Å². The van der Waals surface area contributed by atoms with Crippen molar-refractivity contribution in [3.05, 3.63) is 0 Å².